The minimum absolute atomic E-state index is 0.0466. The number of amides is 2. The number of aryl methyl sites for hydroxylation is 1. The van der Waals surface area contributed by atoms with Crippen molar-refractivity contribution < 1.29 is 14.3 Å². The molecule has 0 saturated carbocycles. The van der Waals surface area contributed by atoms with E-state index in [0.29, 0.717) is 27.7 Å². The average Bonchev–Trinajstić information content (AvgIpc) is 3.33. The molecule has 1 fully saturated rings. The predicted octanol–water partition coefficient (Wildman–Crippen LogP) is 2.50. The zero-order valence-electron chi connectivity index (χ0n) is 17.4. The second-order valence-electron chi connectivity index (χ2n) is 7.23. The van der Waals surface area contributed by atoms with Gasteiger partial charge in [-0.1, -0.05) is 41.7 Å². The Morgan fingerprint density at radius 2 is 1.82 bits per heavy atom. The van der Waals surface area contributed by atoms with Crippen LogP contribution in [-0.4, -0.2) is 26.4 Å². The summed E-state index contributed by atoms with van der Waals surface area (Å²) in [5, 5.41) is 6.09. The van der Waals surface area contributed by atoms with Crippen LogP contribution in [-0.2, 0) is 16.2 Å². The summed E-state index contributed by atoms with van der Waals surface area (Å²) in [7, 11) is 0. The van der Waals surface area contributed by atoms with E-state index in [1.165, 1.54) is 33.0 Å². The number of anilines is 1. The van der Waals surface area contributed by atoms with Crippen LogP contribution in [0.2, 0.25) is 0 Å². The minimum Gasteiger partial charge on any atom is -0.487 e. The van der Waals surface area contributed by atoms with Crippen molar-refractivity contribution in [3.8, 4) is 5.75 Å². The van der Waals surface area contributed by atoms with Crippen LogP contribution < -0.4 is 20.7 Å². The van der Waals surface area contributed by atoms with Crippen LogP contribution in [0.25, 0.3) is 11.0 Å². The highest BCUT2D eigenvalue weighted by atomic mass is 32.1. The van der Waals surface area contributed by atoms with Crippen LogP contribution in [0, 0.1) is 6.92 Å². The standard InChI is InChI=1S/C23H17N5O4S/c1-14-25-28-20(29)12-16(24-23(28)33-14)13-32-18-9-7-15(8-10-18)11-19-21(30)26-27(22(19)31)17-5-3-2-4-6-17/h2-12H,13H2,1H3,(H,26,30)/b19-11+. The molecular weight excluding hydrogens is 442 g/mol. The lowest BCUT2D eigenvalue weighted by atomic mass is 10.1. The Morgan fingerprint density at radius 1 is 1.06 bits per heavy atom. The van der Waals surface area contributed by atoms with Gasteiger partial charge in [-0.3, -0.25) is 19.8 Å². The number of hydrazine groups is 1. The first kappa shape index (κ1) is 20.6. The van der Waals surface area contributed by atoms with Gasteiger partial charge in [-0.15, -0.1) is 0 Å². The summed E-state index contributed by atoms with van der Waals surface area (Å²) in [4.78, 5) is 42.1. The maximum absolute atomic E-state index is 12.7. The second-order valence-corrected chi connectivity index (χ2v) is 8.39. The molecule has 4 aromatic rings. The van der Waals surface area contributed by atoms with E-state index in [9.17, 15) is 14.4 Å². The van der Waals surface area contributed by atoms with E-state index < -0.39 is 11.8 Å². The smallest absolute Gasteiger partial charge is 0.282 e. The van der Waals surface area contributed by atoms with Crippen LogP contribution >= 0.6 is 11.3 Å². The normalized spacial score (nSPS) is 14.8. The highest BCUT2D eigenvalue weighted by Crippen LogP contribution is 2.22. The van der Waals surface area contributed by atoms with Crippen LogP contribution in [0.4, 0.5) is 5.69 Å². The largest absolute Gasteiger partial charge is 0.487 e. The molecule has 1 N–H and O–H groups in total. The molecule has 2 aromatic carbocycles. The fourth-order valence-electron chi connectivity index (χ4n) is 3.33. The molecule has 0 atom stereocenters. The summed E-state index contributed by atoms with van der Waals surface area (Å²) in [5.41, 5.74) is 4.13. The number of carbonyl (C=O) groups is 2. The Balaban J connectivity index is 1.29. The van der Waals surface area contributed by atoms with Gasteiger partial charge in [0.1, 0.15) is 22.9 Å². The number of para-hydroxylation sites is 1. The van der Waals surface area contributed by atoms with E-state index in [-0.39, 0.29) is 17.7 Å². The van der Waals surface area contributed by atoms with E-state index in [0.717, 1.165) is 5.01 Å². The van der Waals surface area contributed by atoms with Crippen molar-refractivity contribution in [3.05, 3.63) is 92.9 Å². The first-order valence-electron chi connectivity index (χ1n) is 9.99. The first-order valence-corrected chi connectivity index (χ1v) is 10.8. The van der Waals surface area contributed by atoms with Crippen molar-refractivity contribution in [3.63, 3.8) is 0 Å². The molecule has 0 bridgehead atoms. The van der Waals surface area contributed by atoms with Crippen LogP contribution in [0.1, 0.15) is 16.3 Å². The van der Waals surface area contributed by atoms with Crippen LogP contribution in [0.3, 0.4) is 0 Å². The van der Waals surface area contributed by atoms with Gasteiger partial charge in [0, 0.05) is 6.07 Å². The van der Waals surface area contributed by atoms with Crippen molar-refractivity contribution in [2.24, 2.45) is 0 Å². The first-order chi connectivity index (χ1) is 16.0. The Morgan fingerprint density at radius 3 is 2.58 bits per heavy atom. The SMILES string of the molecule is Cc1nn2c(=O)cc(COc3ccc(/C=C4\C(=O)NN(c5ccccc5)C4=O)cc3)nc2s1. The molecule has 9 nitrogen and oxygen atoms in total. The topological polar surface area (TPSA) is 106 Å². The van der Waals surface area contributed by atoms with Gasteiger partial charge in [0.15, 0.2) is 0 Å². The molecule has 5 rings (SSSR count). The van der Waals surface area contributed by atoms with Crippen molar-refractivity contribution in [1.29, 1.82) is 0 Å². The van der Waals surface area contributed by atoms with E-state index in [1.807, 2.05) is 13.0 Å². The third kappa shape index (κ3) is 4.11. The second kappa shape index (κ2) is 8.32. The molecule has 1 aliphatic rings. The van der Waals surface area contributed by atoms with Crippen molar-refractivity contribution in [2.75, 3.05) is 5.01 Å². The number of hydrogen-bond donors (Lipinski definition) is 1. The van der Waals surface area contributed by atoms with E-state index in [2.05, 4.69) is 15.5 Å². The van der Waals surface area contributed by atoms with Crippen molar-refractivity contribution >= 4 is 39.9 Å². The quantitative estimate of drug-likeness (QED) is 0.363. The molecule has 0 aliphatic carbocycles. The molecule has 164 valence electrons. The maximum atomic E-state index is 12.7. The average molecular weight is 459 g/mol. The minimum atomic E-state index is -0.463. The van der Waals surface area contributed by atoms with Gasteiger partial charge in [-0.25, -0.2) is 9.99 Å². The molecule has 2 amide bonds. The van der Waals surface area contributed by atoms with Gasteiger partial charge in [0.05, 0.1) is 11.4 Å². The van der Waals surface area contributed by atoms with Gasteiger partial charge in [0.25, 0.3) is 17.4 Å². The number of hydrogen-bond acceptors (Lipinski definition) is 7. The summed E-state index contributed by atoms with van der Waals surface area (Å²) in [5.74, 6) is -0.319. The van der Waals surface area contributed by atoms with Gasteiger partial charge in [0.2, 0.25) is 4.96 Å². The van der Waals surface area contributed by atoms with Gasteiger partial charge in [-0.2, -0.15) is 9.61 Å². The van der Waals surface area contributed by atoms with Crippen molar-refractivity contribution in [2.45, 2.75) is 13.5 Å². The number of nitrogens with one attached hydrogen (secondary N) is 1. The third-order valence-electron chi connectivity index (χ3n) is 4.88. The lowest BCUT2D eigenvalue weighted by Gasteiger charge is -2.13. The summed E-state index contributed by atoms with van der Waals surface area (Å²) in [6.07, 6.45) is 1.53. The number of fused-ring (bicyclic) bond motifs is 1. The molecule has 3 heterocycles. The summed E-state index contributed by atoms with van der Waals surface area (Å²) >= 11 is 1.33. The molecule has 33 heavy (non-hydrogen) atoms. The maximum Gasteiger partial charge on any atom is 0.282 e. The molecule has 0 spiro atoms. The fraction of sp³-hybridized carbons (Fsp3) is 0.0870. The summed E-state index contributed by atoms with van der Waals surface area (Å²) in [6, 6.07) is 17.2. The lowest BCUT2D eigenvalue weighted by molar-refractivity contribution is -0.117. The highest BCUT2D eigenvalue weighted by molar-refractivity contribution is 7.16. The zero-order chi connectivity index (χ0) is 22.9. The van der Waals surface area contributed by atoms with Crippen LogP contribution in [0.5, 0.6) is 5.75 Å². The molecule has 10 heteroatoms. The monoisotopic (exact) mass is 459 g/mol. The highest BCUT2D eigenvalue weighted by Gasteiger charge is 2.34. The van der Waals surface area contributed by atoms with Gasteiger partial charge < -0.3 is 4.74 Å². The van der Waals surface area contributed by atoms with E-state index >= 15 is 0 Å². The summed E-state index contributed by atoms with van der Waals surface area (Å²) < 4.78 is 7.01. The predicted molar refractivity (Wildman–Crippen MR) is 123 cm³/mol. The van der Waals surface area contributed by atoms with E-state index in [1.54, 1.807) is 48.5 Å². The fourth-order valence-corrected chi connectivity index (χ4v) is 4.09. The number of aromatic nitrogens is 3. The lowest BCUT2D eigenvalue weighted by Crippen LogP contribution is -2.35. The molecular formula is C23H17N5O4S. The number of benzene rings is 2. The molecule has 2 aromatic heterocycles. The number of nitrogens with zero attached hydrogens (tertiary/aromatic N) is 4. The molecule has 1 saturated heterocycles. The molecule has 1 aliphatic heterocycles. The Kier molecular flexibility index (Phi) is 5.19. The number of rotatable bonds is 5. The van der Waals surface area contributed by atoms with E-state index in [4.69, 9.17) is 4.74 Å². The number of carbonyl (C=O) groups excluding carboxylic acids is 2. The molecule has 0 unspecified atom stereocenters. The molecule has 0 radical (unpaired) electrons. The Labute approximate surface area is 191 Å². The van der Waals surface area contributed by atoms with Crippen molar-refractivity contribution in [1.82, 2.24) is 20.0 Å². The Bertz CT molecular complexity index is 1460. The van der Waals surface area contributed by atoms with Crippen LogP contribution in [0.15, 0.2) is 71.0 Å². The zero-order valence-corrected chi connectivity index (χ0v) is 18.2. The third-order valence-corrected chi connectivity index (χ3v) is 5.71. The Hall–Kier alpha value is -4.31. The number of ether oxygens (including phenoxy) is 1. The summed E-state index contributed by atoms with van der Waals surface area (Å²) in [6.45, 7) is 1.93. The van der Waals surface area contributed by atoms with Gasteiger partial charge >= 0.3 is 0 Å². The van der Waals surface area contributed by atoms with Gasteiger partial charge in [-0.05, 0) is 42.8 Å².